The topological polar surface area (TPSA) is 218 Å². The molecule has 2 bridgehead atoms. The first-order chi connectivity index (χ1) is 40.1. The number of pyridine rings is 1. The first-order valence-corrected chi connectivity index (χ1v) is 29.4. The van der Waals surface area contributed by atoms with E-state index >= 15 is 8.78 Å². The molecule has 2 aromatic carbocycles. The summed E-state index contributed by atoms with van der Waals surface area (Å²) in [5.74, 6) is -0.887. The Morgan fingerprint density at radius 3 is 2.39 bits per heavy atom. The Labute approximate surface area is 486 Å². The molecule has 21 heteroatoms. The molecule has 1 saturated carbocycles. The number of aromatic nitrogens is 3. The van der Waals surface area contributed by atoms with Crippen LogP contribution in [0.15, 0.2) is 70.5 Å². The van der Waals surface area contributed by atoms with Gasteiger partial charge in [-0.25, -0.2) is 13.2 Å². The number of phenolic OH excluding ortho intramolecular Hbond substituents is 1. The maximum atomic E-state index is 17.3. The number of fused-ring (bicyclic) bond motifs is 4. The summed E-state index contributed by atoms with van der Waals surface area (Å²) in [6.07, 6.45) is 18.4. The molecule has 4 amide bonds. The van der Waals surface area contributed by atoms with Gasteiger partial charge in [0.2, 0.25) is 17.7 Å². The number of aliphatic imine (C=N–C) groups is 1. The molecule has 0 spiro atoms. The highest BCUT2D eigenvalue weighted by Crippen LogP contribution is 2.43. The van der Waals surface area contributed by atoms with E-state index in [9.17, 15) is 33.8 Å². The molecule has 4 aromatic rings. The number of alkyl halides is 1. The highest BCUT2D eigenvalue weighted by molar-refractivity contribution is 6.03. The number of piperidine rings is 1. The minimum absolute atomic E-state index is 0.00926. The second-order valence-electron chi connectivity index (χ2n) is 25.7. The molecule has 7 atom stereocenters. The number of likely N-dealkylation sites (tertiary alicyclic amines) is 3. The van der Waals surface area contributed by atoms with E-state index in [1.165, 1.54) is 35.4 Å². The highest BCUT2D eigenvalue weighted by atomic mass is 19.1. The van der Waals surface area contributed by atoms with Gasteiger partial charge in [0.25, 0.3) is 5.91 Å². The number of carbonyl (C=O) groups is 4. The van der Waals surface area contributed by atoms with E-state index in [1.807, 2.05) is 32.2 Å². The van der Waals surface area contributed by atoms with Crippen molar-refractivity contribution in [1.82, 2.24) is 45.6 Å². The van der Waals surface area contributed by atoms with Gasteiger partial charge in [0.15, 0.2) is 11.5 Å². The molecule has 2 aliphatic carbocycles. The van der Waals surface area contributed by atoms with Crippen LogP contribution in [0.5, 0.6) is 11.8 Å². The normalized spacial score (nSPS) is 25.9. The molecule has 5 saturated heterocycles. The van der Waals surface area contributed by atoms with Crippen LogP contribution in [0.4, 0.5) is 19.0 Å². The lowest BCUT2D eigenvalue weighted by Gasteiger charge is -2.48. The fraction of sp³-hybridized carbons (Fsp3) is 0.524. The molecular weight excluding hydrogens is 1080 g/mol. The number of hydrogen-bond donors (Lipinski definition) is 5. The number of piperazine rings is 1. The average molecular weight is 1150 g/mol. The number of halogens is 3. The third-order valence-electron chi connectivity index (χ3n) is 18.7. The molecule has 8 aliphatic rings. The van der Waals surface area contributed by atoms with Crippen LogP contribution in [0.1, 0.15) is 104 Å². The number of aromatic hydroxyl groups is 1. The van der Waals surface area contributed by atoms with Gasteiger partial charge in [0, 0.05) is 124 Å². The Morgan fingerprint density at radius 2 is 1.74 bits per heavy atom. The van der Waals surface area contributed by atoms with E-state index in [4.69, 9.17) is 21.1 Å². The number of nitrogens with zero attached hydrogens (tertiary/aromatic N) is 8. The lowest BCUT2D eigenvalue weighted by Crippen LogP contribution is -2.63. The van der Waals surface area contributed by atoms with Gasteiger partial charge < -0.3 is 45.6 Å². The molecule has 0 radical (unpaired) electrons. The van der Waals surface area contributed by atoms with Crippen molar-refractivity contribution in [2.24, 2.45) is 15.8 Å². The fourth-order valence-electron chi connectivity index (χ4n) is 13.4. The second-order valence-corrected chi connectivity index (χ2v) is 25.7. The Kier molecular flexibility index (Phi) is 14.9. The lowest BCUT2D eigenvalue weighted by atomic mass is 9.73. The van der Waals surface area contributed by atoms with Crippen LogP contribution in [-0.4, -0.2) is 170 Å². The number of terminal acetylenes is 1. The predicted octanol–water partition coefficient (Wildman–Crippen LogP) is 6.32. The Morgan fingerprint density at radius 1 is 1.00 bits per heavy atom. The van der Waals surface area contributed by atoms with Crippen LogP contribution in [0.3, 0.4) is 0 Å². The van der Waals surface area contributed by atoms with Gasteiger partial charge in [0.1, 0.15) is 46.8 Å². The van der Waals surface area contributed by atoms with E-state index in [1.54, 1.807) is 25.7 Å². The zero-order chi connectivity index (χ0) is 59.1. The summed E-state index contributed by atoms with van der Waals surface area (Å²) in [7, 11) is 0. The van der Waals surface area contributed by atoms with Crippen LogP contribution in [0.25, 0.3) is 32.9 Å². The average Bonchev–Trinajstić information content (AvgIpc) is 1.65. The van der Waals surface area contributed by atoms with Crippen molar-refractivity contribution in [2.75, 3.05) is 50.7 Å². The summed E-state index contributed by atoms with van der Waals surface area (Å²) < 4.78 is 53.9. The SMILES string of the molecule is C#Cc1c(F)ccc2cc(O)cc(-c3ncc4c(N5CC6CCC(C5)N6)nc(OC5CCN(C6CN(C(=O)C[C@H](NC(=O)C7C[C@H](O)CN7C(=O)C(NC(=O)C7(F)CC7)C(C)(C)C)C7(C)C=CC(C8=C(C)N=CC8)=CC7)C6)CC5)nc4c3F)c12. The number of aliphatic hydroxyl groups is 1. The van der Waals surface area contributed by atoms with Crippen molar-refractivity contribution in [3.8, 4) is 35.4 Å². The summed E-state index contributed by atoms with van der Waals surface area (Å²) in [6.45, 7) is 12.6. The lowest BCUT2D eigenvalue weighted by molar-refractivity contribution is -0.145. The van der Waals surface area contributed by atoms with Crippen molar-refractivity contribution in [1.29, 1.82) is 0 Å². The molecule has 442 valence electrons. The van der Waals surface area contributed by atoms with E-state index in [0.717, 1.165) is 29.7 Å². The number of phenols is 1. The largest absolute Gasteiger partial charge is 0.508 e. The molecule has 6 fully saturated rings. The molecule has 5 unspecified atom stereocenters. The second kappa shape index (κ2) is 21.9. The first kappa shape index (κ1) is 57.0. The molecular formula is C63H72F3N11O7. The minimum atomic E-state index is -2.03. The van der Waals surface area contributed by atoms with Crippen molar-refractivity contribution in [3.63, 3.8) is 0 Å². The van der Waals surface area contributed by atoms with Crippen LogP contribution in [0, 0.1) is 34.8 Å². The maximum Gasteiger partial charge on any atom is 0.319 e. The summed E-state index contributed by atoms with van der Waals surface area (Å²) in [5, 5.41) is 32.2. The number of anilines is 1. The summed E-state index contributed by atoms with van der Waals surface area (Å²) in [4.78, 5) is 82.6. The van der Waals surface area contributed by atoms with E-state index < -0.39 is 70.1 Å². The number of ether oxygens (including phenoxy) is 1. The number of nitrogens with one attached hydrogen (secondary N) is 3. The first-order valence-electron chi connectivity index (χ1n) is 29.4. The summed E-state index contributed by atoms with van der Waals surface area (Å²) >= 11 is 0. The van der Waals surface area contributed by atoms with Gasteiger partial charge in [-0.05, 0) is 92.0 Å². The Hall–Kier alpha value is -7.41. The van der Waals surface area contributed by atoms with Gasteiger partial charge in [-0.1, -0.05) is 57.9 Å². The summed E-state index contributed by atoms with van der Waals surface area (Å²) in [6, 6.07) is 2.97. The maximum absolute atomic E-state index is 17.3. The minimum Gasteiger partial charge on any atom is -0.508 e. The Balaban J connectivity index is 0.731. The van der Waals surface area contributed by atoms with E-state index in [0.29, 0.717) is 81.5 Å². The van der Waals surface area contributed by atoms with Crippen LogP contribution in [0.2, 0.25) is 0 Å². The van der Waals surface area contributed by atoms with Crippen LogP contribution >= 0.6 is 0 Å². The predicted molar refractivity (Wildman–Crippen MR) is 310 cm³/mol. The van der Waals surface area contributed by atoms with Crippen molar-refractivity contribution < 1.29 is 47.3 Å². The fourth-order valence-corrected chi connectivity index (χ4v) is 13.4. The van der Waals surface area contributed by atoms with Crippen molar-refractivity contribution >= 4 is 57.3 Å². The monoisotopic (exact) mass is 1150 g/mol. The number of aliphatic hydroxyl groups excluding tert-OH is 1. The van der Waals surface area contributed by atoms with E-state index in [2.05, 4.69) is 47.7 Å². The molecule has 2 aromatic heterocycles. The third kappa shape index (κ3) is 10.9. The number of amides is 4. The molecule has 8 heterocycles. The van der Waals surface area contributed by atoms with Crippen molar-refractivity contribution in [2.45, 2.75) is 153 Å². The van der Waals surface area contributed by atoms with Gasteiger partial charge in [-0.2, -0.15) is 9.97 Å². The highest BCUT2D eigenvalue weighted by Gasteiger charge is 2.54. The number of benzene rings is 2. The van der Waals surface area contributed by atoms with E-state index in [-0.39, 0.29) is 102 Å². The molecule has 84 heavy (non-hydrogen) atoms. The van der Waals surface area contributed by atoms with Crippen LogP contribution in [-0.2, 0) is 19.2 Å². The number of carbonyl (C=O) groups excluding carboxylic acids is 4. The zero-order valence-electron chi connectivity index (χ0n) is 48.1. The smallest absolute Gasteiger partial charge is 0.319 e. The molecule has 18 nitrogen and oxygen atoms in total. The zero-order valence-corrected chi connectivity index (χ0v) is 48.1. The quantitative estimate of drug-likeness (QED) is 0.0876. The van der Waals surface area contributed by atoms with Gasteiger partial charge in [-0.3, -0.25) is 34.1 Å². The van der Waals surface area contributed by atoms with Crippen molar-refractivity contribution in [3.05, 3.63) is 82.7 Å². The van der Waals surface area contributed by atoms with Gasteiger partial charge in [0.05, 0.1) is 17.1 Å². The molecule has 6 aliphatic heterocycles. The number of β-amino-alcohol motifs (C(OH)–C–C–N with tert-alkyl or cyclic N) is 1. The third-order valence-corrected chi connectivity index (χ3v) is 18.7. The number of rotatable bonds is 14. The molecule has 5 N–H and O–H groups in total. The summed E-state index contributed by atoms with van der Waals surface area (Å²) in [5.41, 5.74) is -0.705. The number of hydrogen-bond acceptors (Lipinski definition) is 14. The Bertz CT molecular complexity index is 3530. The number of allylic oxidation sites excluding steroid dienone is 5. The standard InChI is InChI=1S/C63H72F3N11O7/c1-7-43-47(64)11-8-36-24-40(78)25-45(51(36)43)53-52(65)54-46(28-68-53)56(76-29-37-9-10-38(30-76)69-37)73-60(71-54)84-42-15-22-74(23-16-42)39-31-75(32-39)50(80)27-49(62(6)17-12-35(13-18-62)44-14-21-67-34(44)2)70-57(81)48-26-41(79)33-77(48)58(82)55(61(3,4)5)72-59(83)63(66)19-20-63/h1,8,11-13,17,21,24-25,28,37-39,41-42,48-49,55,69,78-79H,9-10,14-16,18-20,22-23,26-27,29-33H2,2-6H3,(H,70,81)(H,72,83)/t37?,38?,41-,48?,49-,55?,62?/m0/s1. The van der Waals surface area contributed by atoms with Gasteiger partial charge in [-0.15, -0.1) is 6.42 Å². The van der Waals surface area contributed by atoms with Crippen LogP contribution < -0.4 is 25.6 Å². The molecule has 12 rings (SSSR count). The van der Waals surface area contributed by atoms with Gasteiger partial charge >= 0.3 is 6.01 Å².